The van der Waals surface area contributed by atoms with E-state index in [0.717, 1.165) is 25.0 Å². The van der Waals surface area contributed by atoms with Crippen LogP contribution in [0.2, 0.25) is 5.02 Å². The second-order valence-electron chi connectivity index (χ2n) is 5.63. The van der Waals surface area contributed by atoms with Gasteiger partial charge in [0.2, 0.25) is 0 Å². The van der Waals surface area contributed by atoms with Crippen molar-refractivity contribution >= 4 is 17.5 Å². The van der Waals surface area contributed by atoms with E-state index in [9.17, 15) is 4.79 Å². The van der Waals surface area contributed by atoms with E-state index in [-0.39, 0.29) is 24.1 Å². The number of rotatable bonds is 2. The smallest absolute Gasteiger partial charge is 0.251 e. The predicted octanol–water partition coefficient (Wildman–Crippen LogP) is 1.88. The minimum absolute atomic E-state index is 0.0104. The minimum Gasteiger partial charge on any atom is -0.376 e. The van der Waals surface area contributed by atoms with Gasteiger partial charge >= 0.3 is 0 Å². The van der Waals surface area contributed by atoms with Gasteiger partial charge in [-0.25, -0.2) is 0 Å². The summed E-state index contributed by atoms with van der Waals surface area (Å²) in [6.07, 6.45) is 2.22. The van der Waals surface area contributed by atoms with E-state index in [1.807, 2.05) is 6.92 Å². The fourth-order valence-electron chi connectivity index (χ4n) is 3.21. The van der Waals surface area contributed by atoms with E-state index in [4.69, 9.17) is 22.1 Å². The average molecular weight is 295 g/mol. The summed E-state index contributed by atoms with van der Waals surface area (Å²) >= 11 is 6.05. The third kappa shape index (κ3) is 2.22. The van der Waals surface area contributed by atoms with E-state index in [1.165, 1.54) is 0 Å². The molecule has 1 aliphatic carbocycles. The number of ether oxygens (including phenoxy) is 1. The quantitative estimate of drug-likeness (QED) is 0.875. The predicted molar refractivity (Wildman–Crippen MR) is 77.9 cm³/mol. The molecule has 3 rings (SSSR count). The van der Waals surface area contributed by atoms with E-state index in [2.05, 4.69) is 5.32 Å². The van der Waals surface area contributed by atoms with Crippen molar-refractivity contribution in [3.05, 3.63) is 34.3 Å². The number of benzene rings is 1. The summed E-state index contributed by atoms with van der Waals surface area (Å²) in [5, 5.41) is 3.60. The van der Waals surface area contributed by atoms with Crippen LogP contribution in [0.3, 0.4) is 0 Å². The Kier molecular flexibility index (Phi) is 3.71. The van der Waals surface area contributed by atoms with Gasteiger partial charge in [-0.05, 0) is 37.5 Å². The van der Waals surface area contributed by atoms with E-state index >= 15 is 0 Å². The van der Waals surface area contributed by atoms with Crippen LogP contribution in [-0.4, -0.2) is 30.7 Å². The van der Waals surface area contributed by atoms with Gasteiger partial charge < -0.3 is 15.8 Å². The molecule has 1 saturated heterocycles. The molecule has 3 N–H and O–H groups in total. The van der Waals surface area contributed by atoms with Crippen molar-refractivity contribution < 1.29 is 9.53 Å². The molecule has 1 saturated carbocycles. The maximum atomic E-state index is 12.4. The zero-order valence-corrected chi connectivity index (χ0v) is 12.2. The molecule has 1 aromatic rings. The topological polar surface area (TPSA) is 64.4 Å². The van der Waals surface area contributed by atoms with Gasteiger partial charge in [-0.15, -0.1) is 0 Å². The lowest BCUT2D eigenvalue weighted by Crippen LogP contribution is -2.72. The van der Waals surface area contributed by atoms with Crippen LogP contribution >= 0.6 is 11.6 Å². The number of fused-ring (bicyclic) bond motifs is 1. The van der Waals surface area contributed by atoms with E-state index < -0.39 is 0 Å². The summed E-state index contributed by atoms with van der Waals surface area (Å²) in [7, 11) is 0. The number of hydrogen-bond donors (Lipinski definition) is 2. The van der Waals surface area contributed by atoms with Gasteiger partial charge in [-0.3, -0.25) is 4.79 Å². The van der Waals surface area contributed by atoms with Gasteiger partial charge in [0, 0.05) is 29.2 Å². The van der Waals surface area contributed by atoms with Crippen molar-refractivity contribution in [1.82, 2.24) is 5.32 Å². The van der Waals surface area contributed by atoms with Crippen LogP contribution < -0.4 is 11.1 Å². The van der Waals surface area contributed by atoms with Gasteiger partial charge in [0.05, 0.1) is 12.1 Å². The SMILES string of the molecule is Cc1c(Cl)cccc1C(=O)NC1C(N)C2CCCOC21. The second kappa shape index (κ2) is 5.35. The fraction of sp³-hybridized carbons (Fsp3) is 0.533. The Hall–Kier alpha value is -1.10. The molecule has 4 unspecified atom stereocenters. The zero-order chi connectivity index (χ0) is 14.3. The molecular formula is C15H19ClN2O2. The highest BCUT2D eigenvalue weighted by Gasteiger charge is 2.51. The summed E-state index contributed by atoms with van der Waals surface area (Å²) in [5.74, 6) is 0.257. The molecule has 0 spiro atoms. The molecule has 4 nitrogen and oxygen atoms in total. The maximum Gasteiger partial charge on any atom is 0.251 e. The van der Waals surface area contributed by atoms with Gasteiger partial charge in [0.25, 0.3) is 5.91 Å². The standard InChI is InChI=1S/C15H19ClN2O2/c1-8-9(4-2-6-11(8)16)15(19)18-13-12(17)10-5-3-7-20-14(10)13/h2,4,6,10,12-14H,3,5,7,17H2,1H3,(H,18,19). The molecule has 2 fully saturated rings. The first kappa shape index (κ1) is 13.9. The van der Waals surface area contributed by atoms with E-state index in [1.54, 1.807) is 18.2 Å². The Morgan fingerprint density at radius 2 is 2.30 bits per heavy atom. The van der Waals surface area contributed by atoms with Crippen molar-refractivity contribution in [3.8, 4) is 0 Å². The second-order valence-corrected chi connectivity index (χ2v) is 6.04. The number of hydrogen-bond acceptors (Lipinski definition) is 3. The van der Waals surface area contributed by atoms with E-state index in [0.29, 0.717) is 16.5 Å². The number of amides is 1. The molecule has 1 amide bonds. The maximum absolute atomic E-state index is 12.4. The van der Waals surface area contributed by atoms with Crippen LogP contribution in [-0.2, 0) is 4.74 Å². The first-order valence-corrected chi connectivity index (χ1v) is 7.40. The Morgan fingerprint density at radius 1 is 1.50 bits per heavy atom. The van der Waals surface area contributed by atoms with Gasteiger partial charge in [-0.1, -0.05) is 17.7 Å². The molecule has 0 radical (unpaired) electrons. The Bertz CT molecular complexity index is 535. The van der Waals surface area contributed by atoms with Crippen molar-refractivity contribution in [2.24, 2.45) is 11.7 Å². The first-order chi connectivity index (χ1) is 9.59. The number of nitrogens with two attached hydrogens (primary N) is 1. The monoisotopic (exact) mass is 294 g/mol. The van der Waals surface area contributed by atoms with Crippen LogP contribution in [0.4, 0.5) is 0 Å². The summed E-state index contributed by atoms with van der Waals surface area (Å²) < 4.78 is 5.73. The van der Waals surface area contributed by atoms with Crippen LogP contribution in [0, 0.1) is 12.8 Å². The van der Waals surface area contributed by atoms with Gasteiger partial charge in [-0.2, -0.15) is 0 Å². The fourth-order valence-corrected chi connectivity index (χ4v) is 3.38. The molecule has 0 aromatic heterocycles. The molecule has 4 atom stereocenters. The number of carbonyl (C=O) groups excluding carboxylic acids is 1. The summed E-state index contributed by atoms with van der Waals surface area (Å²) in [6, 6.07) is 5.24. The Labute approximate surface area is 123 Å². The third-order valence-electron chi connectivity index (χ3n) is 4.49. The molecule has 2 aliphatic rings. The molecule has 5 heteroatoms. The molecular weight excluding hydrogens is 276 g/mol. The van der Waals surface area contributed by atoms with Crippen LogP contribution in [0.25, 0.3) is 0 Å². The van der Waals surface area contributed by atoms with Crippen LogP contribution in [0.15, 0.2) is 18.2 Å². The molecule has 108 valence electrons. The number of halogens is 1. The Balaban J connectivity index is 1.72. The largest absolute Gasteiger partial charge is 0.376 e. The Morgan fingerprint density at radius 3 is 3.10 bits per heavy atom. The van der Waals surface area contributed by atoms with Crippen molar-refractivity contribution in [3.63, 3.8) is 0 Å². The normalized spacial score (nSPS) is 32.1. The lowest BCUT2D eigenvalue weighted by molar-refractivity contribution is -0.117. The number of nitrogens with one attached hydrogen (secondary N) is 1. The van der Waals surface area contributed by atoms with Gasteiger partial charge in [0.15, 0.2) is 0 Å². The highest BCUT2D eigenvalue weighted by Crippen LogP contribution is 2.37. The lowest BCUT2D eigenvalue weighted by atomic mass is 9.68. The molecule has 1 heterocycles. The van der Waals surface area contributed by atoms with Crippen molar-refractivity contribution in [2.75, 3.05) is 6.61 Å². The first-order valence-electron chi connectivity index (χ1n) is 7.03. The summed E-state index contributed by atoms with van der Waals surface area (Å²) in [5.41, 5.74) is 7.54. The molecule has 1 aliphatic heterocycles. The van der Waals surface area contributed by atoms with Crippen molar-refractivity contribution in [2.45, 2.75) is 38.0 Å². The van der Waals surface area contributed by atoms with Gasteiger partial charge in [0.1, 0.15) is 0 Å². The van der Waals surface area contributed by atoms with Crippen LogP contribution in [0.5, 0.6) is 0 Å². The summed E-state index contributed by atoms with van der Waals surface area (Å²) in [6.45, 7) is 2.61. The molecule has 0 bridgehead atoms. The van der Waals surface area contributed by atoms with Crippen LogP contribution in [0.1, 0.15) is 28.8 Å². The zero-order valence-electron chi connectivity index (χ0n) is 11.4. The highest BCUT2D eigenvalue weighted by molar-refractivity contribution is 6.31. The molecule has 20 heavy (non-hydrogen) atoms. The lowest BCUT2D eigenvalue weighted by Gasteiger charge is -2.52. The highest BCUT2D eigenvalue weighted by atomic mass is 35.5. The number of carbonyl (C=O) groups is 1. The van der Waals surface area contributed by atoms with Crippen molar-refractivity contribution in [1.29, 1.82) is 0 Å². The minimum atomic E-state index is -0.127. The average Bonchev–Trinajstić information content (AvgIpc) is 2.47. The third-order valence-corrected chi connectivity index (χ3v) is 4.90. The molecule has 1 aromatic carbocycles. The summed E-state index contributed by atoms with van der Waals surface area (Å²) in [4.78, 5) is 12.4.